The molecular formula is C21H21N3O3. The van der Waals surface area contributed by atoms with Gasteiger partial charge in [0.25, 0.3) is 0 Å². The van der Waals surface area contributed by atoms with Crippen LogP contribution in [0, 0.1) is 5.41 Å². The van der Waals surface area contributed by atoms with Gasteiger partial charge < -0.3 is 14.8 Å². The lowest BCUT2D eigenvalue weighted by atomic mass is 9.99. The largest absolute Gasteiger partial charge is 0.458 e. The van der Waals surface area contributed by atoms with E-state index in [0.29, 0.717) is 11.4 Å². The van der Waals surface area contributed by atoms with E-state index in [-0.39, 0.29) is 18.8 Å². The molecule has 2 N–H and O–H groups in total. The average molecular weight is 363 g/mol. The molecule has 0 radical (unpaired) electrons. The molecule has 0 aliphatic carbocycles. The van der Waals surface area contributed by atoms with Crippen molar-refractivity contribution in [2.75, 3.05) is 18.5 Å². The Morgan fingerprint density at radius 3 is 2.78 bits per heavy atom. The zero-order chi connectivity index (χ0) is 18.6. The van der Waals surface area contributed by atoms with Gasteiger partial charge in [-0.3, -0.25) is 10.4 Å². The van der Waals surface area contributed by atoms with Crippen LogP contribution in [0.3, 0.4) is 0 Å². The number of carbonyl (C=O) groups excluding carboxylic acids is 1. The number of rotatable bonds is 5. The molecule has 4 rings (SSSR count). The Morgan fingerprint density at radius 2 is 2.07 bits per heavy atom. The first-order chi connectivity index (χ1) is 13.2. The van der Waals surface area contributed by atoms with E-state index in [1.165, 1.54) is 6.08 Å². The van der Waals surface area contributed by atoms with E-state index in [4.69, 9.17) is 14.9 Å². The van der Waals surface area contributed by atoms with Crippen LogP contribution in [0.5, 0.6) is 0 Å². The smallest absolute Gasteiger partial charge is 0.331 e. The number of carbonyl (C=O) groups is 1. The zero-order valence-corrected chi connectivity index (χ0v) is 14.9. The van der Waals surface area contributed by atoms with Crippen LogP contribution in [-0.4, -0.2) is 36.1 Å². The van der Waals surface area contributed by atoms with Gasteiger partial charge in [0.15, 0.2) is 0 Å². The predicted molar refractivity (Wildman–Crippen MR) is 103 cm³/mol. The number of anilines is 1. The molecule has 3 heterocycles. The topological polar surface area (TPSA) is 84.3 Å². The number of nitrogens with zero attached hydrogens (tertiary/aromatic N) is 1. The van der Waals surface area contributed by atoms with Crippen LogP contribution in [-0.2, 0) is 14.3 Å². The van der Waals surface area contributed by atoms with E-state index in [9.17, 15) is 4.79 Å². The number of benzene rings is 1. The Hall–Kier alpha value is -2.99. The molecule has 2 aromatic rings. The summed E-state index contributed by atoms with van der Waals surface area (Å²) in [5, 5.41) is 12.1. The first-order valence-electron chi connectivity index (χ1n) is 9.11. The normalized spacial score (nSPS) is 19.3. The van der Waals surface area contributed by atoms with Crippen molar-refractivity contribution in [3.63, 3.8) is 0 Å². The Morgan fingerprint density at radius 1 is 1.22 bits per heavy atom. The third-order valence-corrected chi connectivity index (χ3v) is 4.72. The molecule has 0 amide bonds. The Bertz CT molecular complexity index is 887. The number of pyridine rings is 1. The minimum absolute atomic E-state index is 0.0793. The summed E-state index contributed by atoms with van der Waals surface area (Å²) >= 11 is 0. The second-order valence-electron chi connectivity index (χ2n) is 6.63. The Labute approximate surface area is 157 Å². The highest BCUT2D eigenvalue weighted by Crippen LogP contribution is 2.26. The van der Waals surface area contributed by atoms with Gasteiger partial charge in [-0.25, -0.2) is 4.79 Å². The molecule has 1 atom stereocenters. The molecule has 1 aromatic heterocycles. The lowest BCUT2D eigenvalue weighted by Gasteiger charge is -2.25. The summed E-state index contributed by atoms with van der Waals surface area (Å²) in [6.07, 6.45) is 6.20. The molecule has 0 bridgehead atoms. The number of cyclic esters (lactones) is 1. The fourth-order valence-corrected chi connectivity index (χ4v) is 3.26. The summed E-state index contributed by atoms with van der Waals surface area (Å²) in [7, 11) is 0. The number of hydrogen-bond acceptors (Lipinski definition) is 6. The molecule has 2 aliphatic heterocycles. The maximum absolute atomic E-state index is 11.4. The lowest BCUT2D eigenvalue weighted by molar-refractivity contribution is -0.134. The maximum Gasteiger partial charge on any atom is 0.331 e. The number of nitrogens with one attached hydrogen (secondary N) is 2. The van der Waals surface area contributed by atoms with Crippen molar-refractivity contribution in [3.05, 3.63) is 65.5 Å². The van der Waals surface area contributed by atoms with E-state index < -0.39 is 0 Å². The first-order valence-corrected chi connectivity index (χ1v) is 9.11. The van der Waals surface area contributed by atoms with Crippen LogP contribution < -0.4 is 5.32 Å². The molecule has 1 aromatic carbocycles. The van der Waals surface area contributed by atoms with Crippen LogP contribution in [0.4, 0.5) is 5.69 Å². The van der Waals surface area contributed by atoms with Crippen molar-refractivity contribution in [1.29, 1.82) is 5.41 Å². The highest BCUT2D eigenvalue weighted by atomic mass is 16.5. The van der Waals surface area contributed by atoms with Crippen molar-refractivity contribution in [2.45, 2.75) is 25.5 Å². The summed E-state index contributed by atoms with van der Waals surface area (Å²) in [6.45, 7) is 0.948. The van der Waals surface area contributed by atoms with Crippen LogP contribution >= 0.6 is 0 Å². The van der Waals surface area contributed by atoms with Crippen molar-refractivity contribution >= 4 is 22.9 Å². The summed E-state index contributed by atoms with van der Waals surface area (Å²) in [5.74, 6) is -0.357. The van der Waals surface area contributed by atoms with Crippen LogP contribution in [0.1, 0.15) is 36.1 Å². The van der Waals surface area contributed by atoms with E-state index >= 15 is 0 Å². The lowest BCUT2D eigenvalue weighted by Crippen LogP contribution is -2.28. The fourth-order valence-electron chi connectivity index (χ4n) is 3.26. The van der Waals surface area contributed by atoms with Crippen molar-refractivity contribution in [1.82, 2.24) is 4.98 Å². The molecule has 138 valence electrons. The minimum atomic E-state index is -0.357. The van der Waals surface area contributed by atoms with Gasteiger partial charge in [-0.2, -0.15) is 0 Å². The highest BCUT2D eigenvalue weighted by Gasteiger charge is 2.21. The number of esters is 1. The van der Waals surface area contributed by atoms with E-state index in [0.717, 1.165) is 48.3 Å². The minimum Gasteiger partial charge on any atom is -0.458 e. The SMILES string of the molecule is N=C(c1ccccc1)c1cc(C2=CC(=O)OC2)ncc1NC1CCCCO1. The molecule has 2 aliphatic rings. The summed E-state index contributed by atoms with van der Waals surface area (Å²) < 4.78 is 10.8. The molecular weight excluding hydrogens is 342 g/mol. The molecule has 1 fully saturated rings. The monoisotopic (exact) mass is 363 g/mol. The third-order valence-electron chi connectivity index (χ3n) is 4.72. The van der Waals surface area contributed by atoms with E-state index in [1.807, 2.05) is 36.4 Å². The molecule has 27 heavy (non-hydrogen) atoms. The van der Waals surface area contributed by atoms with E-state index in [1.54, 1.807) is 6.20 Å². The Kier molecular flexibility index (Phi) is 4.98. The van der Waals surface area contributed by atoms with Crippen molar-refractivity contribution < 1.29 is 14.3 Å². The Balaban J connectivity index is 1.70. The van der Waals surface area contributed by atoms with Crippen LogP contribution in [0.15, 0.2) is 48.7 Å². The van der Waals surface area contributed by atoms with Gasteiger partial charge in [0.1, 0.15) is 12.8 Å². The van der Waals surface area contributed by atoms with Crippen LogP contribution in [0.2, 0.25) is 0 Å². The zero-order valence-electron chi connectivity index (χ0n) is 14.9. The molecule has 6 nitrogen and oxygen atoms in total. The quantitative estimate of drug-likeness (QED) is 0.628. The second kappa shape index (κ2) is 7.72. The maximum atomic E-state index is 11.4. The van der Waals surface area contributed by atoms with Gasteiger partial charge >= 0.3 is 5.97 Å². The van der Waals surface area contributed by atoms with Crippen molar-refractivity contribution in [2.24, 2.45) is 0 Å². The molecule has 0 spiro atoms. The van der Waals surface area contributed by atoms with Gasteiger partial charge in [0, 0.05) is 29.4 Å². The van der Waals surface area contributed by atoms with Gasteiger partial charge in [-0.05, 0) is 25.3 Å². The fraction of sp³-hybridized carbons (Fsp3) is 0.286. The van der Waals surface area contributed by atoms with Crippen LogP contribution in [0.25, 0.3) is 5.57 Å². The second-order valence-corrected chi connectivity index (χ2v) is 6.63. The van der Waals surface area contributed by atoms with Gasteiger partial charge in [-0.15, -0.1) is 0 Å². The third kappa shape index (κ3) is 3.90. The average Bonchev–Trinajstić information content (AvgIpc) is 3.15. The standard InChI is InChI=1S/C21H21N3O3/c22-21(14-6-2-1-3-7-14)16-11-17(15-10-20(25)27-13-15)23-12-18(16)24-19-8-4-5-9-26-19/h1-3,6-7,10-12,19,22,24H,4-5,8-9,13H2. The number of ether oxygens (including phenoxy) is 2. The van der Waals surface area contributed by atoms with Gasteiger partial charge in [0.05, 0.1) is 23.3 Å². The highest BCUT2D eigenvalue weighted by molar-refractivity contribution is 6.14. The predicted octanol–water partition coefficient (Wildman–Crippen LogP) is 3.38. The van der Waals surface area contributed by atoms with Gasteiger partial charge in [-0.1, -0.05) is 30.3 Å². The number of aromatic nitrogens is 1. The molecule has 1 saturated heterocycles. The molecule has 0 saturated carbocycles. The summed E-state index contributed by atoms with van der Waals surface area (Å²) in [6, 6.07) is 11.4. The molecule has 1 unspecified atom stereocenters. The summed E-state index contributed by atoms with van der Waals surface area (Å²) in [5.41, 5.74) is 4.05. The number of hydrogen-bond donors (Lipinski definition) is 2. The molecule has 6 heteroatoms. The van der Waals surface area contributed by atoms with Gasteiger partial charge in [0.2, 0.25) is 0 Å². The van der Waals surface area contributed by atoms with Crippen molar-refractivity contribution in [3.8, 4) is 0 Å². The van der Waals surface area contributed by atoms with E-state index in [2.05, 4.69) is 10.3 Å². The summed E-state index contributed by atoms with van der Waals surface area (Å²) in [4.78, 5) is 15.9. The first kappa shape index (κ1) is 17.4.